The lowest BCUT2D eigenvalue weighted by atomic mass is 10.00. The number of halogens is 1. The summed E-state index contributed by atoms with van der Waals surface area (Å²) < 4.78 is 0.797. The van der Waals surface area contributed by atoms with Crippen molar-refractivity contribution < 1.29 is 9.59 Å². The van der Waals surface area contributed by atoms with Crippen LogP contribution in [0.15, 0.2) is 22.8 Å². The molecule has 0 aliphatic carbocycles. The van der Waals surface area contributed by atoms with E-state index in [2.05, 4.69) is 26.2 Å². The average molecular weight is 300 g/mol. The molecule has 1 aromatic heterocycles. The molecular formula is C11H14BrN3O2. The van der Waals surface area contributed by atoms with Gasteiger partial charge in [-0.25, -0.2) is 4.98 Å². The second kappa shape index (κ2) is 5.27. The van der Waals surface area contributed by atoms with Crippen molar-refractivity contribution in [2.45, 2.75) is 25.8 Å². The molecule has 0 aromatic carbocycles. The van der Waals surface area contributed by atoms with E-state index in [-0.39, 0.29) is 12.3 Å². The van der Waals surface area contributed by atoms with E-state index in [4.69, 9.17) is 5.73 Å². The highest BCUT2D eigenvalue weighted by Gasteiger charge is 2.23. The van der Waals surface area contributed by atoms with Crippen molar-refractivity contribution in [3.8, 4) is 0 Å². The maximum absolute atomic E-state index is 11.8. The number of primary amides is 1. The number of nitrogens with two attached hydrogens (primary N) is 1. The van der Waals surface area contributed by atoms with Crippen LogP contribution in [0.2, 0.25) is 0 Å². The number of nitrogens with zero attached hydrogens (tertiary/aromatic N) is 1. The molecule has 3 N–H and O–H groups in total. The molecule has 1 aromatic rings. The van der Waals surface area contributed by atoms with Gasteiger partial charge >= 0.3 is 0 Å². The van der Waals surface area contributed by atoms with E-state index in [1.807, 2.05) is 0 Å². The largest absolute Gasteiger partial charge is 0.370 e. The van der Waals surface area contributed by atoms with E-state index in [0.29, 0.717) is 5.69 Å². The number of nitrogens with one attached hydrogen (secondary N) is 1. The number of amides is 2. The van der Waals surface area contributed by atoms with Gasteiger partial charge in [0, 0.05) is 22.6 Å². The van der Waals surface area contributed by atoms with Gasteiger partial charge < -0.3 is 11.1 Å². The van der Waals surface area contributed by atoms with Gasteiger partial charge in [0.25, 0.3) is 5.91 Å². The van der Waals surface area contributed by atoms with Crippen LogP contribution in [0.4, 0.5) is 0 Å². The molecule has 0 saturated carbocycles. The van der Waals surface area contributed by atoms with Gasteiger partial charge in [-0.2, -0.15) is 0 Å². The predicted molar refractivity (Wildman–Crippen MR) is 67.3 cm³/mol. The van der Waals surface area contributed by atoms with E-state index >= 15 is 0 Å². The second-order valence-corrected chi connectivity index (χ2v) is 5.26. The lowest BCUT2D eigenvalue weighted by molar-refractivity contribution is -0.119. The summed E-state index contributed by atoms with van der Waals surface area (Å²) in [5.74, 6) is -0.789. The van der Waals surface area contributed by atoms with Crippen LogP contribution in [0.5, 0.6) is 0 Å². The summed E-state index contributed by atoms with van der Waals surface area (Å²) in [6, 6.07) is 3.32. The van der Waals surface area contributed by atoms with Crippen molar-refractivity contribution in [3.05, 3.63) is 28.5 Å². The number of carbonyl (C=O) groups is 2. The zero-order chi connectivity index (χ0) is 13.1. The first kappa shape index (κ1) is 13.6. The van der Waals surface area contributed by atoms with Crippen molar-refractivity contribution in [1.82, 2.24) is 10.3 Å². The molecule has 0 atom stereocenters. The maximum atomic E-state index is 11.8. The first-order chi connectivity index (χ1) is 7.80. The first-order valence-corrected chi connectivity index (χ1v) is 5.82. The Morgan fingerprint density at radius 1 is 1.47 bits per heavy atom. The summed E-state index contributed by atoms with van der Waals surface area (Å²) in [6.45, 7) is 3.46. The molecule has 92 valence electrons. The molecule has 0 radical (unpaired) electrons. The van der Waals surface area contributed by atoms with Gasteiger partial charge in [-0.1, -0.05) is 0 Å². The van der Waals surface area contributed by atoms with E-state index in [1.165, 1.54) is 6.20 Å². The van der Waals surface area contributed by atoms with Crippen LogP contribution in [0, 0.1) is 0 Å². The lowest BCUT2D eigenvalue weighted by Crippen LogP contribution is -2.46. The van der Waals surface area contributed by atoms with Crippen molar-refractivity contribution >= 4 is 27.7 Å². The summed E-state index contributed by atoms with van der Waals surface area (Å²) in [5.41, 5.74) is 4.71. The number of carbonyl (C=O) groups excluding carboxylic acids is 2. The number of pyridine rings is 1. The highest BCUT2D eigenvalue weighted by atomic mass is 79.9. The maximum Gasteiger partial charge on any atom is 0.270 e. The minimum atomic E-state index is -0.683. The van der Waals surface area contributed by atoms with E-state index in [1.54, 1.807) is 26.0 Å². The molecule has 6 heteroatoms. The third-order valence-corrected chi connectivity index (χ3v) is 2.50. The molecule has 0 fully saturated rings. The second-order valence-electron chi connectivity index (χ2n) is 4.34. The van der Waals surface area contributed by atoms with Gasteiger partial charge in [0.05, 0.1) is 0 Å². The Bertz CT molecular complexity index is 429. The highest BCUT2D eigenvalue weighted by molar-refractivity contribution is 9.10. The smallest absolute Gasteiger partial charge is 0.270 e. The summed E-state index contributed by atoms with van der Waals surface area (Å²) in [7, 11) is 0. The molecule has 1 rings (SSSR count). The quantitative estimate of drug-likeness (QED) is 0.877. The number of rotatable bonds is 4. The Hall–Kier alpha value is -1.43. The molecule has 0 aliphatic heterocycles. The molecule has 17 heavy (non-hydrogen) atoms. The molecule has 0 unspecified atom stereocenters. The van der Waals surface area contributed by atoms with Crippen molar-refractivity contribution in [3.63, 3.8) is 0 Å². The standard InChI is InChI=1S/C11H14BrN3O2/c1-11(2,5-9(13)16)15-10(17)8-4-3-7(12)6-14-8/h3-4,6H,5H2,1-2H3,(H2,13,16)(H,15,17). The first-order valence-electron chi connectivity index (χ1n) is 5.02. The molecule has 0 aliphatic rings. The Labute approximate surface area is 108 Å². The molecule has 0 bridgehead atoms. The van der Waals surface area contributed by atoms with Crippen molar-refractivity contribution in [1.29, 1.82) is 0 Å². The van der Waals surface area contributed by atoms with E-state index in [0.717, 1.165) is 4.47 Å². The Morgan fingerprint density at radius 3 is 2.59 bits per heavy atom. The Morgan fingerprint density at radius 2 is 2.12 bits per heavy atom. The van der Waals surface area contributed by atoms with Crippen molar-refractivity contribution in [2.24, 2.45) is 5.73 Å². The van der Waals surface area contributed by atoms with Crippen LogP contribution in [-0.4, -0.2) is 22.3 Å². The zero-order valence-corrected chi connectivity index (χ0v) is 11.2. The Balaban J connectivity index is 2.72. The summed E-state index contributed by atoms with van der Waals surface area (Å²) in [5, 5.41) is 2.71. The number of aromatic nitrogens is 1. The van der Waals surface area contributed by atoms with Gasteiger partial charge in [-0.05, 0) is 41.9 Å². The van der Waals surface area contributed by atoms with Crippen LogP contribution < -0.4 is 11.1 Å². The van der Waals surface area contributed by atoms with Gasteiger partial charge in [0.1, 0.15) is 5.69 Å². The molecule has 5 nitrogen and oxygen atoms in total. The van der Waals surface area contributed by atoms with Gasteiger partial charge in [-0.15, -0.1) is 0 Å². The van der Waals surface area contributed by atoms with Crippen LogP contribution in [0.3, 0.4) is 0 Å². The lowest BCUT2D eigenvalue weighted by Gasteiger charge is -2.24. The monoisotopic (exact) mass is 299 g/mol. The highest BCUT2D eigenvalue weighted by Crippen LogP contribution is 2.11. The minimum absolute atomic E-state index is 0.0786. The summed E-state index contributed by atoms with van der Waals surface area (Å²) in [4.78, 5) is 26.6. The summed E-state index contributed by atoms with van der Waals surface area (Å²) in [6.07, 6.45) is 1.62. The average Bonchev–Trinajstić information content (AvgIpc) is 2.15. The molecule has 1 heterocycles. The number of hydrogen-bond acceptors (Lipinski definition) is 3. The fraction of sp³-hybridized carbons (Fsp3) is 0.364. The molecular weight excluding hydrogens is 286 g/mol. The third-order valence-electron chi connectivity index (χ3n) is 2.03. The third kappa shape index (κ3) is 4.52. The van der Waals surface area contributed by atoms with Gasteiger partial charge in [-0.3, -0.25) is 9.59 Å². The predicted octanol–water partition coefficient (Wildman–Crippen LogP) is 1.23. The van der Waals surface area contributed by atoms with Crippen LogP contribution >= 0.6 is 15.9 Å². The molecule has 0 saturated heterocycles. The van der Waals surface area contributed by atoms with Crippen LogP contribution in [0.25, 0.3) is 0 Å². The summed E-state index contributed by atoms with van der Waals surface area (Å²) >= 11 is 3.23. The number of hydrogen-bond donors (Lipinski definition) is 2. The normalized spacial score (nSPS) is 11.0. The molecule has 0 spiro atoms. The fourth-order valence-corrected chi connectivity index (χ4v) is 1.60. The van der Waals surface area contributed by atoms with Gasteiger partial charge in [0.2, 0.25) is 5.91 Å². The SMILES string of the molecule is CC(C)(CC(N)=O)NC(=O)c1ccc(Br)cn1. The fourth-order valence-electron chi connectivity index (χ4n) is 1.36. The topological polar surface area (TPSA) is 85.1 Å². The van der Waals surface area contributed by atoms with E-state index < -0.39 is 11.4 Å². The Kier molecular flexibility index (Phi) is 4.22. The van der Waals surface area contributed by atoms with Crippen molar-refractivity contribution in [2.75, 3.05) is 0 Å². The van der Waals surface area contributed by atoms with Crippen LogP contribution in [-0.2, 0) is 4.79 Å². The molecule has 2 amide bonds. The zero-order valence-electron chi connectivity index (χ0n) is 9.66. The van der Waals surface area contributed by atoms with E-state index in [9.17, 15) is 9.59 Å². The van der Waals surface area contributed by atoms with Gasteiger partial charge in [0.15, 0.2) is 0 Å². The van der Waals surface area contributed by atoms with Crippen LogP contribution in [0.1, 0.15) is 30.8 Å². The minimum Gasteiger partial charge on any atom is -0.370 e.